The summed E-state index contributed by atoms with van der Waals surface area (Å²) < 4.78 is 10.6. The molecule has 1 heterocycles. The van der Waals surface area contributed by atoms with Crippen molar-refractivity contribution in [2.45, 2.75) is 37.4 Å². The van der Waals surface area contributed by atoms with E-state index in [1.807, 2.05) is 6.07 Å². The van der Waals surface area contributed by atoms with Gasteiger partial charge < -0.3 is 14.6 Å². The molecule has 1 aliphatic rings. The van der Waals surface area contributed by atoms with Gasteiger partial charge in [0.15, 0.2) is 0 Å². The van der Waals surface area contributed by atoms with Gasteiger partial charge in [0.25, 0.3) is 0 Å². The molecule has 0 aromatic carbocycles. The van der Waals surface area contributed by atoms with Crippen molar-refractivity contribution in [1.29, 1.82) is 0 Å². The Morgan fingerprint density at radius 2 is 2.18 bits per heavy atom. The lowest BCUT2D eigenvalue weighted by Gasteiger charge is -2.41. The molecule has 1 aromatic heterocycles. The zero-order valence-corrected chi connectivity index (χ0v) is 10.3. The number of hydrogen-bond acceptors (Lipinski definition) is 4. The van der Waals surface area contributed by atoms with E-state index in [2.05, 4.69) is 4.98 Å². The molecule has 1 N–H and O–H groups in total. The molecule has 0 saturated heterocycles. The van der Waals surface area contributed by atoms with Crippen molar-refractivity contribution in [1.82, 2.24) is 4.98 Å². The summed E-state index contributed by atoms with van der Waals surface area (Å²) in [6.07, 6.45) is 6.62. The van der Waals surface area contributed by atoms with E-state index in [-0.39, 0.29) is 5.60 Å². The highest BCUT2D eigenvalue weighted by Gasteiger charge is 2.39. The number of aliphatic hydroxyl groups is 1. The third-order valence-corrected chi connectivity index (χ3v) is 3.62. The van der Waals surface area contributed by atoms with Gasteiger partial charge in [-0.2, -0.15) is 0 Å². The topological polar surface area (TPSA) is 51.6 Å². The number of methoxy groups -OCH3 is 2. The van der Waals surface area contributed by atoms with Crippen LogP contribution in [-0.4, -0.2) is 29.9 Å². The van der Waals surface area contributed by atoms with Crippen molar-refractivity contribution in [2.24, 2.45) is 0 Å². The van der Waals surface area contributed by atoms with Crippen molar-refractivity contribution >= 4 is 0 Å². The molecular weight excluding hydrogens is 218 g/mol. The van der Waals surface area contributed by atoms with Gasteiger partial charge in [0, 0.05) is 25.3 Å². The number of nitrogens with zero attached hydrogens (tertiary/aromatic N) is 1. The van der Waals surface area contributed by atoms with Gasteiger partial charge in [-0.15, -0.1) is 0 Å². The SMILES string of the molecule is COc1cncc(C(O)CC2(OC)CCC2)c1. The van der Waals surface area contributed by atoms with Crippen molar-refractivity contribution in [3.05, 3.63) is 24.0 Å². The summed E-state index contributed by atoms with van der Waals surface area (Å²) in [7, 11) is 3.31. The van der Waals surface area contributed by atoms with Crippen LogP contribution in [0.2, 0.25) is 0 Å². The van der Waals surface area contributed by atoms with Crippen molar-refractivity contribution < 1.29 is 14.6 Å². The van der Waals surface area contributed by atoms with Crippen LogP contribution in [0.4, 0.5) is 0 Å². The average molecular weight is 237 g/mol. The molecule has 17 heavy (non-hydrogen) atoms. The van der Waals surface area contributed by atoms with Crippen molar-refractivity contribution in [3.8, 4) is 5.75 Å². The third kappa shape index (κ3) is 2.58. The molecular formula is C13H19NO3. The number of hydrogen-bond donors (Lipinski definition) is 1. The Morgan fingerprint density at radius 3 is 2.71 bits per heavy atom. The summed E-state index contributed by atoms with van der Waals surface area (Å²) in [5, 5.41) is 10.2. The van der Waals surface area contributed by atoms with Gasteiger partial charge in [0.2, 0.25) is 0 Å². The number of ether oxygens (including phenoxy) is 2. The Hall–Kier alpha value is -1.13. The van der Waals surface area contributed by atoms with Gasteiger partial charge in [-0.1, -0.05) is 0 Å². The highest BCUT2D eigenvalue weighted by atomic mass is 16.5. The minimum absolute atomic E-state index is 0.136. The molecule has 94 valence electrons. The van der Waals surface area contributed by atoms with E-state index in [0.717, 1.165) is 18.4 Å². The van der Waals surface area contributed by atoms with E-state index in [1.165, 1.54) is 6.42 Å². The largest absolute Gasteiger partial charge is 0.495 e. The molecule has 0 aliphatic heterocycles. The van der Waals surface area contributed by atoms with Gasteiger partial charge in [0.1, 0.15) is 5.75 Å². The van der Waals surface area contributed by atoms with Gasteiger partial charge in [-0.05, 0) is 25.3 Å². The lowest BCUT2D eigenvalue weighted by molar-refractivity contribution is -0.0999. The maximum atomic E-state index is 10.2. The average Bonchev–Trinajstić information content (AvgIpc) is 2.33. The van der Waals surface area contributed by atoms with Crippen LogP contribution < -0.4 is 4.74 Å². The second-order valence-corrected chi connectivity index (χ2v) is 4.62. The number of aromatic nitrogens is 1. The highest BCUT2D eigenvalue weighted by Crippen LogP contribution is 2.41. The number of aliphatic hydroxyl groups excluding tert-OH is 1. The van der Waals surface area contributed by atoms with Crippen molar-refractivity contribution in [3.63, 3.8) is 0 Å². The molecule has 1 atom stereocenters. The van der Waals surface area contributed by atoms with Crippen LogP contribution in [0.25, 0.3) is 0 Å². The van der Waals surface area contributed by atoms with Gasteiger partial charge >= 0.3 is 0 Å². The summed E-state index contributed by atoms with van der Waals surface area (Å²) in [5.74, 6) is 0.668. The molecule has 1 saturated carbocycles. The molecule has 4 heteroatoms. The molecule has 1 aliphatic carbocycles. The lowest BCUT2D eigenvalue weighted by Crippen LogP contribution is -2.40. The van der Waals surface area contributed by atoms with Crippen LogP contribution in [0.1, 0.15) is 37.4 Å². The molecule has 4 nitrogen and oxygen atoms in total. The quantitative estimate of drug-likeness (QED) is 0.852. The first-order valence-corrected chi connectivity index (χ1v) is 5.91. The summed E-state index contributed by atoms with van der Waals surface area (Å²) in [6.45, 7) is 0. The van der Waals surface area contributed by atoms with Crippen LogP contribution in [0.5, 0.6) is 5.75 Å². The van der Waals surface area contributed by atoms with E-state index in [4.69, 9.17) is 9.47 Å². The summed E-state index contributed by atoms with van der Waals surface area (Å²) in [6, 6.07) is 1.82. The molecule has 1 unspecified atom stereocenters. The first-order chi connectivity index (χ1) is 8.19. The number of rotatable bonds is 5. The fourth-order valence-electron chi connectivity index (χ4n) is 2.26. The Balaban J connectivity index is 2.05. The van der Waals surface area contributed by atoms with E-state index in [9.17, 15) is 5.11 Å². The monoisotopic (exact) mass is 237 g/mol. The molecule has 1 fully saturated rings. The van der Waals surface area contributed by atoms with Gasteiger partial charge in [0.05, 0.1) is 25.0 Å². The molecule has 0 radical (unpaired) electrons. The van der Waals surface area contributed by atoms with Crippen LogP contribution in [0, 0.1) is 0 Å². The Kier molecular flexibility index (Phi) is 3.64. The van der Waals surface area contributed by atoms with Gasteiger partial charge in [-0.25, -0.2) is 0 Å². The van der Waals surface area contributed by atoms with E-state index < -0.39 is 6.10 Å². The minimum atomic E-state index is -0.544. The molecule has 2 rings (SSSR count). The summed E-state index contributed by atoms with van der Waals surface area (Å²) >= 11 is 0. The zero-order chi connectivity index (χ0) is 12.3. The Morgan fingerprint density at radius 1 is 1.41 bits per heavy atom. The fourth-order valence-corrected chi connectivity index (χ4v) is 2.26. The zero-order valence-electron chi connectivity index (χ0n) is 10.3. The van der Waals surface area contributed by atoms with Crippen LogP contribution in [-0.2, 0) is 4.74 Å². The van der Waals surface area contributed by atoms with E-state index >= 15 is 0 Å². The second-order valence-electron chi connectivity index (χ2n) is 4.62. The first-order valence-electron chi connectivity index (χ1n) is 5.91. The Labute approximate surface area is 102 Å². The van der Waals surface area contributed by atoms with Crippen LogP contribution >= 0.6 is 0 Å². The standard InChI is InChI=1S/C13H19NO3/c1-16-11-6-10(8-14-9-11)12(15)7-13(17-2)4-3-5-13/h6,8-9,12,15H,3-5,7H2,1-2H3. The minimum Gasteiger partial charge on any atom is -0.495 e. The summed E-state index contributed by atoms with van der Waals surface area (Å²) in [4.78, 5) is 4.05. The smallest absolute Gasteiger partial charge is 0.137 e. The van der Waals surface area contributed by atoms with E-state index in [1.54, 1.807) is 26.6 Å². The Bertz CT molecular complexity index is 371. The molecule has 0 spiro atoms. The summed E-state index contributed by atoms with van der Waals surface area (Å²) in [5.41, 5.74) is 0.648. The van der Waals surface area contributed by atoms with Crippen LogP contribution in [0.15, 0.2) is 18.5 Å². The van der Waals surface area contributed by atoms with Crippen molar-refractivity contribution in [2.75, 3.05) is 14.2 Å². The fraction of sp³-hybridized carbons (Fsp3) is 0.615. The predicted molar refractivity (Wildman–Crippen MR) is 64.0 cm³/mol. The molecule has 1 aromatic rings. The third-order valence-electron chi connectivity index (χ3n) is 3.62. The lowest BCUT2D eigenvalue weighted by atomic mass is 9.75. The predicted octanol–water partition coefficient (Wildman–Crippen LogP) is 2.08. The maximum absolute atomic E-state index is 10.2. The molecule has 0 amide bonds. The first kappa shape index (κ1) is 12.3. The maximum Gasteiger partial charge on any atom is 0.137 e. The number of pyridine rings is 1. The normalized spacial score (nSPS) is 19.5. The highest BCUT2D eigenvalue weighted by molar-refractivity contribution is 5.25. The second kappa shape index (κ2) is 5.02. The van der Waals surface area contributed by atoms with Crippen LogP contribution in [0.3, 0.4) is 0 Å². The molecule has 0 bridgehead atoms. The van der Waals surface area contributed by atoms with E-state index in [0.29, 0.717) is 12.2 Å². The van der Waals surface area contributed by atoms with Gasteiger partial charge in [-0.3, -0.25) is 4.98 Å².